The molecule has 0 fully saturated rings. The minimum Gasteiger partial charge on any atom is -0.322 e. The van der Waals surface area contributed by atoms with Crippen molar-refractivity contribution in [2.75, 3.05) is 0 Å². The summed E-state index contributed by atoms with van der Waals surface area (Å²) >= 11 is 6.34. The van der Waals surface area contributed by atoms with Gasteiger partial charge >= 0.3 is 18.1 Å². The molecule has 1 aliphatic heterocycles. The van der Waals surface area contributed by atoms with E-state index in [-0.39, 0.29) is 5.56 Å². The predicted octanol–water partition coefficient (Wildman–Crippen LogP) is 5.41. The highest BCUT2D eigenvalue weighted by Gasteiger charge is 2.76. The van der Waals surface area contributed by atoms with Crippen LogP contribution in [0.15, 0.2) is 29.3 Å². The lowest BCUT2D eigenvalue weighted by Gasteiger charge is -2.43. The first-order valence-electron chi connectivity index (χ1n) is 6.16. The van der Waals surface area contributed by atoms with Gasteiger partial charge in [-0.3, -0.25) is 0 Å². The summed E-state index contributed by atoms with van der Waals surface area (Å²) in [5.41, 5.74) is -4.52. The average molecular weight is 378 g/mol. The number of halogens is 7. The van der Waals surface area contributed by atoms with Gasteiger partial charge in [0.15, 0.2) is 0 Å². The molecule has 128 valence electrons. The molecule has 0 aromatic heterocycles. The molecule has 0 aliphatic carbocycles. The number of hydrogen-bond acceptors (Lipinski definition) is 3. The normalized spacial score (nSPS) is 21.0. The van der Waals surface area contributed by atoms with Crippen LogP contribution in [-0.4, -0.2) is 28.1 Å². The average Bonchev–Trinajstić information content (AvgIpc) is 2.35. The zero-order valence-corrected chi connectivity index (χ0v) is 13.3. The Bertz CT molecular complexity index is 609. The van der Waals surface area contributed by atoms with Crippen LogP contribution >= 0.6 is 23.4 Å². The number of rotatable bonds is 1. The van der Waals surface area contributed by atoms with Crippen molar-refractivity contribution in [3.05, 3.63) is 34.9 Å². The summed E-state index contributed by atoms with van der Waals surface area (Å²) in [6.07, 6.45) is -11.5. The Morgan fingerprint density at radius 1 is 1.00 bits per heavy atom. The van der Waals surface area contributed by atoms with E-state index in [2.05, 4.69) is 9.73 Å². The number of hydrogen-bond donors (Lipinski definition) is 0. The van der Waals surface area contributed by atoms with Gasteiger partial charge in [-0.05, 0) is 26.0 Å². The van der Waals surface area contributed by atoms with Crippen LogP contribution in [0.5, 0.6) is 0 Å². The summed E-state index contributed by atoms with van der Waals surface area (Å²) in [7, 11) is 0. The first-order chi connectivity index (χ1) is 10.3. The van der Waals surface area contributed by atoms with Gasteiger partial charge in [-0.2, -0.15) is 26.3 Å². The molecule has 0 unspecified atom stereocenters. The molecule has 1 aromatic carbocycles. The fraction of sp³-hybridized carbons (Fsp3) is 0.462. The summed E-state index contributed by atoms with van der Waals surface area (Å²) in [4.78, 5) is 1.13. The molecule has 0 saturated carbocycles. The molecule has 23 heavy (non-hydrogen) atoms. The fourth-order valence-corrected chi connectivity index (χ4v) is 3.10. The highest BCUT2D eigenvalue weighted by molar-refractivity contribution is 8.15. The molecule has 0 amide bonds. The summed E-state index contributed by atoms with van der Waals surface area (Å²) < 4.78 is 83.6. The van der Waals surface area contributed by atoms with Crippen molar-refractivity contribution < 1.29 is 31.1 Å². The summed E-state index contributed by atoms with van der Waals surface area (Å²) in [6, 6.07) is 5.30. The number of ether oxygens (including phenoxy) is 1. The van der Waals surface area contributed by atoms with Gasteiger partial charge in [-0.1, -0.05) is 35.5 Å². The minimum absolute atomic E-state index is 0.0913. The summed E-state index contributed by atoms with van der Waals surface area (Å²) in [6.45, 7) is 2.24. The van der Waals surface area contributed by atoms with E-state index in [1.807, 2.05) is 0 Å². The van der Waals surface area contributed by atoms with Crippen molar-refractivity contribution in [2.45, 2.75) is 36.9 Å². The lowest BCUT2D eigenvalue weighted by atomic mass is 10.1. The quantitative estimate of drug-likeness (QED) is 0.610. The Hall–Kier alpha value is -0.930. The van der Waals surface area contributed by atoms with Crippen LogP contribution in [0.25, 0.3) is 0 Å². The molecule has 10 heteroatoms. The number of benzene rings is 1. The molecule has 2 nitrogen and oxygen atoms in total. The van der Waals surface area contributed by atoms with Crippen LogP contribution in [0.4, 0.5) is 26.3 Å². The summed E-state index contributed by atoms with van der Waals surface area (Å²) in [5.74, 6) is 0. The number of nitrogens with zero attached hydrogens (tertiary/aromatic N) is 1. The molecule has 2 rings (SSSR count). The number of alkyl halides is 6. The maximum atomic E-state index is 13.2. The highest BCUT2D eigenvalue weighted by atomic mass is 35.5. The smallest absolute Gasteiger partial charge is 0.322 e. The van der Waals surface area contributed by atoms with Gasteiger partial charge in [0.2, 0.25) is 0 Å². The second kappa shape index (κ2) is 5.56. The maximum absolute atomic E-state index is 13.2. The van der Waals surface area contributed by atoms with E-state index in [1.165, 1.54) is 24.3 Å². The minimum atomic E-state index is -5.76. The second-order valence-corrected chi connectivity index (χ2v) is 7.18. The molecular formula is C13H10ClF6NOS. The van der Waals surface area contributed by atoms with Crippen LogP contribution in [0.3, 0.4) is 0 Å². The molecule has 0 N–H and O–H groups in total. The van der Waals surface area contributed by atoms with Crippen molar-refractivity contribution in [1.29, 1.82) is 0 Å². The van der Waals surface area contributed by atoms with E-state index in [9.17, 15) is 26.3 Å². The van der Waals surface area contributed by atoms with Crippen molar-refractivity contribution in [2.24, 2.45) is 4.99 Å². The SMILES string of the molecule is CC1(C)OC(C(F)(F)F)(C(F)(F)F)N=C(c2ccc(Cl)cc2)S1. The lowest BCUT2D eigenvalue weighted by molar-refractivity contribution is -0.389. The molecule has 1 heterocycles. The standard InChI is InChI=1S/C13H10ClF6NOS/c1-10(2)22-11(12(15,16)17,13(18,19)20)21-9(23-10)7-3-5-8(14)6-4-7/h3-6H,1-2H3. The third-order valence-corrected chi connectivity index (χ3v) is 4.20. The van der Waals surface area contributed by atoms with E-state index >= 15 is 0 Å². The van der Waals surface area contributed by atoms with E-state index in [0.717, 1.165) is 13.8 Å². The van der Waals surface area contributed by atoms with Crippen LogP contribution < -0.4 is 0 Å². The third-order valence-electron chi connectivity index (χ3n) is 2.85. The van der Waals surface area contributed by atoms with Gasteiger partial charge in [0.1, 0.15) is 9.98 Å². The molecular weight excluding hydrogens is 368 g/mol. The van der Waals surface area contributed by atoms with E-state index in [0.29, 0.717) is 16.8 Å². The predicted molar refractivity (Wildman–Crippen MR) is 75.6 cm³/mol. The maximum Gasteiger partial charge on any atom is 0.448 e. The third kappa shape index (κ3) is 3.46. The molecule has 0 radical (unpaired) electrons. The Labute approximate surface area is 136 Å². The summed E-state index contributed by atoms with van der Waals surface area (Å²) in [5, 5.41) is -0.129. The first-order valence-corrected chi connectivity index (χ1v) is 7.35. The van der Waals surface area contributed by atoms with Crippen LogP contribution in [-0.2, 0) is 4.74 Å². The van der Waals surface area contributed by atoms with Crippen LogP contribution in [0.2, 0.25) is 5.02 Å². The van der Waals surface area contributed by atoms with Gasteiger partial charge in [0.25, 0.3) is 0 Å². The van der Waals surface area contributed by atoms with Crippen molar-refractivity contribution in [3.8, 4) is 0 Å². The second-order valence-electron chi connectivity index (χ2n) is 5.17. The van der Waals surface area contributed by atoms with Crippen molar-refractivity contribution >= 4 is 28.4 Å². The Morgan fingerprint density at radius 2 is 1.48 bits per heavy atom. The van der Waals surface area contributed by atoms with Gasteiger partial charge < -0.3 is 4.74 Å². The first kappa shape index (κ1) is 18.4. The van der Waals surface area contributed by atoms with E-state index in [4.69, 9.17) is 11.6 Å². The largest absolute Gasteiger partial charge is 0.448 e. The Morgan fingerprint density at radius 3 is 1.91 bits per heavy atom. The van der Waals surface area contributed by atoms with Crippen LogP contribution in [0, 0.1) is 0 Å². The van der Waals surface area contributed by atoms with Gasteiger partial charge in [0, 0.05) is 10.6 Å². The zero-order chi connectivity index (χ0) is 17.7. The van der Waals surface area contributed by atoms with Crippen molar-refractivity contribution in [3.63, 3.8) is 0 Å². The van der Waals surface area contributed by atoms with Crippen molar-refractivity contribution in [1.82, 2.24) is 0 Å². The molecule has 0 bridgehead atoms. The van der Waals surface area contributed by atoms with Gasteiger partial charge in [-0.15, -0.1) is 0 Å². The van der Waals surface area contributed by atoms with E-state index < -0.39 is 28.1 Å². The molecule has 0 atom stereocenters. The Kier molecular flexibility index (Phi) is 4.45. The molecule has 0 saturated heterocycles. The lowest BCUT2D eigenvalue weighted by Crippen LogP contribution is -2.62. The zero-order valence-electron chi connectivity index (χ0n) is 11.7. The monoisotopic (exact) mass is 377 g/mol. The molecule has 1 aromatic rings. The molecule has 0 spiro atoms. The van der Waals surface area contributed by atoms with E-state index in [1.54, 1.807) is 0 Å². The number of aliphatic imine (C=N–C) groups is 1. The number of thioether (sulfide) groups is 1. The Balaban J connectivity index is 2.67. The van der Waals surface area contributed by atoms with Gasteiger partial charge in [-0.25, -0.2) is 4.99 Å². The topological polar surface area (TPSA) is 21.6 Å². The fourth-order valence-electron chi connectivity index (χ4n) is 1.92. The van der Waals surface area contributed by atoms with Crippen LogP contribution in [0.1, 0.15) is 19.4 Å². The highest BCUT2D eigenvalue weighted by Crippen LogP contribution is 2.54. The molecule has 1 aliphatic rings. The van der Waals surface area contributed by atoms with Gasteiger partial charge in [0.05, 0.1) is 0 Å².